The summed E-state index contributed by atoms with van der Waals surface area (Å²) in [4.78, 5) is 2.19. The molecule has 0 amide bonds. The van der Waals surface area contributed by atoms with Gasteiger partial charge in [0, 0.05) is 31.5 Å². The molecule has 0 bridgehead atoms. The number of benzene rings is 1. The van der Waals surface area contributed by atoms with Gasteiger partial charge in [-0.05, 0) is 24.7 Å². The van der Waals surface area contributed by atoms with Crippen molar-refractivity contribution in [2.75, 3.05) is 19.6 Å². The summed E-state index contributed by atoms with van der Waals surface area (Å²) in [5, 5.41) is 8.59. The van der Waals surface area contributed by atoms with Gasteiger partial charge in [0.05, 0.1) is 6.07 Å². The van der Waals surface area contributed by atoms with Crippen LogP contribution in [0, 0.1) is 17.1 Å². The van der Waals surface area contributed by atoms with E-state index < -0.39 is 0 Å². The smallest absolute Gasteiger partial charge is 0.123 e. The van der Waals surface area contributed by atoms with E-state index in [9.17, 15) is 4.39 Å². The van der Waals surface area contributed by atoms with Gasteiger partial charge in [-0.25, -0.2) is 4.39 Å². The predicted molar refractivity (Wildman–Crippen MR) is 66.9 cm³/mol. The van der Waals surface area contributed by atoms with Gasteiger partial charge in [0.2, 0.25) is 0 Å². The van der Waals surface area contributed by atoms with Crippen LogP contribution in [0.4, 0.5) is 4.39 Å². The Morgan fingerprint density at radius 1 is 1.56 bits per heavy atom. The molecule has 0 radical (unpaired) electrons. The van der Waals surface area contributed by atoms with Crippen molar-refractivity contribution in [3.05, 3.63) is 29.6 Å². The second-order valence-electron chi connectivity index (χ2n) is 4.50. The van der Waals surface area contributed by atoms with Crippen LogP contribution < -0.4 is 4.74 Å². The van der Waals surface area contributed by atoms with E-state index in [1.807, 2.05) is 0 Å². The van der Waals surface area contributed by atoms with Crippen molar-refractivity contribution in [1.82, 2.24) is 4.90 Å². The largest absolute Gasteiger partial charge is 0.488 e. The monoisotopic (exact) mass is 248 g/mol. The minimum Gasteiger partial charge on any atom is -0.488 e. The number of halogens is 1. The molecule has 1 atom stereocenters. The molecular formula is C14H17FN2O. The van der Waals surface area contributed by atoms with Crippen molar-refractivity contribution in [3.8, 4) is 11.8 Å². The Morgan fingerprint density at radius 3 is 3.11 bits per heavy atom. The molecule has 0 saturated heterocycles. The highest BCUT2D eigenvalue weighted by Gasteiger charge is 2.24. The van der Waals surface area contributed by atoms with E-state index in [1.54, 1.807) is 12.1 Å². The first-order valence-electron chi connectivity index (χ1n) is 6.27. The van der Waals surface area contributed by atoms with Crippen LogP contribution in [0.25, 0.3) is 0 Å². The van der Waals surface area contributed by atoms with E-state index in [4.69, 9.17) is 10.00 Å². The van der Waals surface area contributed by atoms with Crippen LogP contribution in [0.15, 0.2) is 18.2 Å². The van der Waals surface area contributed by atoms with Crippen molar-refractivity contribution in [3.63, 3.8) is 0 Å². The van der Waals surface area contributed by atoms with Crippen LogP contribution in [-0.2, 0) is 6.42 Å². The molecule has 1 aromatic rings. The molecule has 96 valence electrons. The minimum absolute atomic E-state index is 0.0699. The zero-order valence-corrected chi connectivity index (χ0v) is 10.5. The molecule has 1 heterocycles. The third-order valence-corrected chi connectivity index (χ3v) is 3.21. The Balaban J connectivity index is 1.92. The molecule has 3 nitrogen and oxygen atoms in total. The van der Waals surface area contributed by atoms with Crippen LogP contribution in [-0.4, -0.2) is 30.6 Å². The summed E-state index contributed by atoms with van der Waals surface area (Å²) in [6.45, 7) is 4.51. The summed E-state index contributed by atoms with van der Waals surface area (Å²) in [5.74, 6) is 0.576. The van der Waals surface area contributed by atoms with Gasteiger partial charge in [0.1, 0.15) is 17.7 Å². The molecule has 4 heteroatoms. The van der Waals surface area contributed by atoms with E-state index in [1.165, 1.54) is 6.07 Å². The Morgan fingerprint density at radius 2 is 2.39 bits per heavy atom. The molecule has 0 saturated carbocycles. The fourth-order valence-electron chi connectivity index (χ4n) is 2.27. The number of rotatable bonds is 5. The first kappa shape index (κ1) is 12.8. The maximum absolute atomic E-state index is 13.1. The highest BCUT2D eigenvalue weighted by Crippen LogP contribution is 2.29. The van der Waals surface area contributed by atoms with Crippen molar-refractivity contribution in [2.45, 2.75) is 25.9 Å². The Bertz CT molecular complexity index is 456. The third kappa shape index (κ3) is 2.99. The second kappa shape index (κ2) is 5.83. The Labute approximate surface area is 107 Å². The first-order valence-corrected chi connectivity index (χ1v) is 6.27. The summed E-state index contributed by atoms with van der Waals surface area (Å²) in [6, 6.07) is 6.81. The second-order valence-corrected chi connectivity index (χ2v) is 4.50. The topological polar surface area (TPSA) is 36.3 Å². The van der Waals surface area contributed by atoms with E-state index in [0.29, 0.717) is 6.42 Å². The molecule has 0 N–H and O–H groups in total. The average Bonchev–Trinajstić information content (AvgIpc) is 2.75. The number of hydrogen-bond donors (Lipinski definition) is 0. The molecule has 0 spiro atoms. The molecular weight excluding hydrogens is 231 g/mol. The molecule has 1 aliphatic rings. The number of hydrogen-bond acceptors (Lipinski definition) is 3. The highest BCUT2D eigenvalue weighted by molar-refractivity contribution is 5.37. The van der Waals surface area contributed by atoms with E-state index in [2.05, 4.69) is 17.9 Å². The average molecular weight is 248 g/mol. The van der Waals surface area contributed by atoms with Crippen molar-refractivity contribution < 1.29 is 9.13 Å². The lowest BCUT2D eigenvalue weighted by Gasteiger charge is -2.22. The van der Waals surface area contributed by atoms with Crippen molar-refractivity contribution in [2.24, 2.45) is 0 Å². The van der Waals surface area contributed by atoms with Crippen LogP contribution in [0.3, 0.4) is 0 Å². The highest BCUT2D eigenvalue weighted by atomic mass is 19.1. The standard InChI is InChI=1S/C14H17FN2O/c1-2-17(7-3-6-16)10-13-9-11-8-12(15)4-5-14(11)18-13/h4-5,8,13H,2-3,7,9-10H2,1H3. The van der Waals surface area contributed by atoms with Crippen molar-refractivity contribution in [1.29, 1.82) is 5.26 Å². The molecule has 1 aromatic carbocycles. The van der Waals surface area contributed by atoms with Crippen LogP contribution in [0.1, 0.15) is 18.9 Å². The van der Waals surface area contributed by atoms with Gasteiger partial charge in [-0.3, -0.25) is 4.90 Å². The number of ether oxygens (including phenoxy) is 1. The Hall–Kier alpha value is -1.60. The SMILES string of the molecule is CCN(CCC#N)CC1Cc2cc(F)ccc2O1. The summed E-state index contributed by atoms with van der Waals surface area (Å²) >= 11 is 0. The first-order chi connectivity index (χ1) is 8.72. The molecule has 0 fully saturated rings. The van der Waals surface area contributed by atoms with E-state index in [0.717, 1.165) is 37.4 Å². The van der Waals surface area contributed by atoms with Gasteiger partial charge in [-0.1, -0.05) is 6.92 Å². The molecule has 1 unspecified atom stereocenters. The summed E-state index contributed by atoms with van der Waals surface area (Å²) in [5.41, 5.74) is 0.941. The maximum Gasteiger partial charge on any atom is 0.123 e. The van der Waals surface area contributed by atoms with E-state index >= 15 is 0 Å². The van der Waals surface area contributed by atoms with Gasteiger partial charge in [-0.2, -0.15) is 5.26 Å². The fraction of sp³-hybridized carbons (Fsp3) is 0.500. The van der Waals surface area contributed by atoms with Gasteiger partial charge in [0.25, 0.3) is 0 Å². The lowest BCUT2D eigenvalue weighted by Crippen LogP contribution is -2.35. The van der Waals surface area contributed by atoms with Gasteiger partial charge in [-0.15, -0.1) is 0 Å². The zero-order valence-electron chi connectivity index (χ0n) is 10.5. The summed E-state index contributed by atoms with van der Waals surface area (Å²) in [6.07, 6.45) is 1.35. The quantitative estimate of drug-likeness (QED) is 0.802. The third-order valence-electron chi connectivity index (χ3n) is 3.21. The molecule has 0 aromatic heterocycles. The van der Waals surface area contributed by atoms with Crippen LogP contribution in [0.2, 0.25) is 0 Å². The maximum atomic E-state index is 13.1. The van der Waals surface area contributed by atoms with E-state index in [-0.39, 0.29) is 11.9 Å². The van der Waals surface area contributed by atoms with Gasteiger partial charge < -0.3 is 4.74 Å². The van der Waals surface area contributed by atoms with Crippen LogP contribution in [0.5, 0.6) is 5.75 Å². The zero-order chi connectivity index (χ0) is 13.0. The predicted octanol–water partition coefficient (Wildman–Crippen LogP) is 2.36. The van der Waals surface area contributed by atoms with Gasteiger partial charge >= 0.3 is 0 Å². The minimum atomic E-state index is -0.213. The summed E-state index contributed by atoms with van der Waals surface area (Å²) < 4.78 is 18.9. The van der Waals surface area contributed by atoms with Crippen LogP contribution >= 0.6 is 0 Å². The molecule has 2 rings (SSSR count). The van der Waals surface area contributed by atoms with Crippen molar-refractivity contribution >= 4 is 0 Å². The normalized spacial score (nSPS) is 17.3. The fourth-order valence-corrected chi connectivity index (χ4v) is 2.27. The molecule has 18 heavy (non-hydrogen) atoms. The number of nitrogens with zero attached hydrogens (tertiary/aromatic N) is 2. The van der Waals surface area contributed by atoms with Gasteiger partial charge in [0.15, 0.2) is 0 Å². The number of fused-ring (bicyclic) bond motifs is 1. The molecule has 1 aliphatic heterocycles. The molecule has 0 aliphatic carbocycles. The lowest BCUT2D eigenvalue weighted by molar-refractivity contribution is 0.156. The number of nitriles is 1. The lowest BCUT2D eigenvalue weighted by atomic mass is 10.1. The Kier molecular flexibility index (Phi) is 4.16. The number of likely N-dealkylation sites (N-methyl/N-ethyl adjacent to an activating group) is 1. The summed E-state index contributed by atoms with van der Waals surface area (Å²) in [7, 11) is 0.